The molecular formula is C27H20BrN3O6. The van der Waals surface area contributed by atoms with E-state index in [4.69, 9.17) is 9.15 Å². The normalized spacial score (nSPS) is 14.9. The molecule has 0 bridgehead atoms. The number of furan rings is 1. The molecule has 1 aliphatic rings. The first-order valence-electron chi connectivity index (χ1n) is 11.2. The molecule has 0 radical (unpaired) electrons. The molecule has 0 saturated carbocycles. The molecule has 37 heavy (non-hydrogen) atoms. The highest BCUT2D eigenvalue weighted by Gasteiger charge is 2.37. The number of halogens is 1. The number of nitrogens with one attached hydrogen (secondary N) is 1. The molecule has 3 heterocycles. The van der Waals surface area contributed by atoms with Crippen molar-refractivity contribution in [3.8, 4) is 0 Å². The number of para-hydroxylation sites is 1. The SMILES string of the molecule is COC(=O)c1ccc(Cn2cc(/C=C3\C(=O)NC(=O)N(c4ccc(Br)cc4C)C3=O)c3ccccc32)o1. The summed E-state index contributed by atoms with van der Waals surface area (Å²) in [7, 11) is 1.28. The van der Waals surface area contributed by atoms with Crippen LogP contribution in [0.15, 0.2) is 75.3 Å². The summed E-state index contributed by atoms with van der Waals surface area (Å²) >= 11 is 3.38. The van der Waals surface area contributed by atoms with E-state index >= 15 is 0 Å². The van der Waals surface area contributed by atoms with Gasteiger partial charge in [0.25, 0.3) is 11.8 Å². The first-order valence-corrected chi connectivity index (χ1v) is 12.0. The summed E-state index contributed by atoms with van der Waals surface area (Å²) in [6.45, 7) is 2.07. The fraction of sp³-hybridized carbons (Fsp3) is 0.111. The number of anilines is 1. The van der Waals surface area contributed by atoms with Gasteiger partial charge >= 0.3 is 12.0 Å². The zero-order valence-electron chi connectivity index (χ0n) is 19.8. The molecule has 2 aromatic carbocycles. The van der Waals surface area contributed by atoms with E-state index in [-0.39, 0.29) is 11.3 Å². The van der Waals surface area contributed by atoms with E-state index < -0.39 is 23.8 Å². The second-order valence-corrected chi connectivity index (χ2v) is 9.29. The number of urea groups is 1. The van der Waals surface area contributed by atoms with E-state index in [1.54, 1.807) is 37.4 Å². The monoisotopic (exact) mass is 561 g/mol. The first kappa shape index (κ1) is 24.3. The van der Waals surface area contributed by atoms with Gasteiger partial charge in [0.15, 0.2) is 0 Å². The van der Waals surface area contributed by atoms with E-state index in [1.165, 1.54) is 19.3 Å². The Morgan fingerprint density at radius 2 is 1.89 bits per heavy atom. The van der Waals surface area contributed by atoms with Crippen molar-refractivity contribution in [1.82, 2.24) is 9.88 Å². The van der Waals surface area contributed by atoms with Crippen LogP contribution < -0.4 is 10.2 Å². The summed E-state index contributed by atoms with van der Waals surface area (Å²) in [6.07, 6.45) is 3.26. The third-order valence-corrected chi connectivity index (χ3v) is 6.49. The number of nitrogens with zero attached hydrogens (tertiary/aromatic N) is 2. The molecule has 9 nitrogen and oxygen atoms in total. The molecule has 10 heteroatoms. The maximum Gasteiger partial charge on any atom is 0.373 e. The summed E-state index contributed by atoms with van der Waals surface area (Å²) in [5.41, 5.74) is 2.33. The van der Waals surface area contributed by atoms with E-state index in [1.807, 2.05) is 28.8 Å². The lowest BCUT2D eigenvalue weighted by atomic mass is 10.1. The summed E-state index contributed by atoms with van der Waals surface area (Å²) < 4.78 is 13.0. The number of aryl methyl sites for hydroxylation is 1. The van der Waals surface area contributed by atoms with Crippen molar-refractivity contribution in [2.24, 2.45) is 0 Å². The fourth-order valence-corrected chi connectivity index (χ4v) is 4.74. The van der Waals surface area contributed by atoms with Gasteiger partial charge in [0, 0.05) is 27.1 Å². The van der Waals surface area contributed by atoms with Gasteiger partial charge in [0.05, 0.1) is 19.3 Å². The van der Waals surface area contributed by atoms with Crippen LogP contribution >= 0.6 is 15.9 Å². The molecule has 4 amide bonds. The van der Waals surface area contributed by atoms with Gasteiger partial charge in [-0.2, -0.15) is 0 Å². The van der Waals surface area contributed by atoms with Gasteiger partial charge in [-0.25, -0.2) is 14.5 Å². The van der Waals surface area contributed by atoms with Crippen molar-refractivity contribution in [2.75, 3.05) is 12.0 Å². The minimum Gasteiger partial charge on any atom is -0.463 e. The Hall–Kier alpha value is -4.44. The Morgan fingerprint density at radius 3 is 2.65 bits per heavy atom. The average molecular weight is 562 g/mol. The molecule has 1 fully saturated rings. The quantitative estimate of drug-likeness (QED) is 0.213. The maximum absolute atomic E-state index is 13.4. The minimum atomic E-state index is -0.806. The van der Waals surface area contributed by atoms with Crippen molar-refractivity contribution < 1.29 is 28.3 Å². The summed E-state index contributed by atoms with van der Waals surface area (Å²) in [5, 5.41) is 3.06. The fourth-order valence-electron chi connectivity index (χ4n) is 4.26. The van der Waals surface area contributed by atoms with Crippen LogP contribution in [0.25, 0.3) is 17.0 Å². The highest BCUT2D eigenvalue weighted by Crippen LogP contribution is 2.30. The highest BCUT2D eigenvalue weighted by molar-refractivity contribution is 9.10. The molecule has 2 aromatic heterocycles. The number of barbiturate groups is 1. The number of imide groups is 2. The number of carbonyl (C=O) groups is 4. The number of ether oxygens (including phenoxy) is 1. The summed E-state index contributed by atoms with van der Waals surface area (Å²) in [4.78, 5) is 51.5. The number of fused-ring (bicyclic) bond motifs is 1. The molecule has 1 aliphatic heterocycles. The Kier molecular flexibility index (Phi) is 6.26. The number of benzene rings is 2. The van der Waals surface area contributed by atoms with Crippen molar-refractivity contribution >= 4 is 62.4 Å². The van der Waals surface area contributed by atoms with Crippen molar-refractivity contribution in [2.45, 2.75) is 13.5 Å². The molecule has 5 rings (SSSR count). The molecule has 0 atom stereocenters. The molecule has 0 aliphatic carbocycles. The number of aromatic nitrogens is 1. The zero-order valence-corrected chi connectivity index (χ0v) is 21.4. The maximum atomic E-state index is 13.4. The number of hydrogen-bond donors (Lipinski definition) is 1. The highest BCUT2D eigenvalue weighted by atomic mass is 79.9. The van der Waals surface area contributed by atoms with E-state index in [2.05, 4.69) is 21.2 Å². The number of methoxy groups -OCH3 is 1. The lowest BCUT2D eigenvalue weighted by Crippen LogP contribution is -2.54. The first-order chi connectivity index (χ1) is 17.8. The van der Waals surface area contributed by atoms with Crippen LogP contribution in [0, 0.1) is 6.92 Å². The standard InChI is InChI=1S/C27H20BrN3O6/c1-15-11-17(28)7-9-21(15)31-25(33)20(24(32)29-27(31)35)12-16-13-30(22-6-4-3-5-19(16)22)14-18-8-10-23(37-18)26(34)36-2/h3-13H,14H2,1-2H3,(H,29,32,35)/b20-12+. The van der Waals surface area contributed by atoms with Gasteiger partial charge < -0.3 is 13.7 Å². The van der Waals surface area contributed by atoms with Crippen molar-refractivity contribution in [3.63, 3.8) is 0 Å². The van der Waals surface area contributed by atoms with Crippen LogP contribution in [0.1, 0.15) is 27.4 Å². The number of esters is 1. The average Bonchev–Trinajstić information content (AvgIpc) is 3.48. The number of amides is 4. The predicted molar refractivity (Wildman–Crippen MR) is 139 cm³/mol. The van der Waals surface area contributed by atoms with E-state index in [9.17, 15) is 19.2 Å². The molecule has 186 valence electrons. The lowest BCUT2D eigenvalue weighted by Gasteiger charge is -2.27. The van der Waals surface area contributed by atoms with Crippen LogP contribution in [0.2, 0.25) is 0 Å². The predicted octanol–water partition coefficient (Wildman–Crippen LogP) is 4.81. The Balaban J connectivity index is 1.54. The second-order valence-electron chi connectivity index (χ2n) is 8.38. The molecule has 1 N–H and O–H groups in total. The zero-order chi connectivity index (χ0) is 26.3. The number of carbonyl (C=O) groups excluding carboxylic acids is 4. The topological polar surface area (TPSA) is 111 Å². The smallest absolute Gasteiger partial charge is 0.373 e. The van der Waals surface area contributed by atoms with Gasteiger partial charge in [0.2, 0.25) is 5.76 Å². The largest absolute Gasteiger partial charge is 0.463 e. The van der Waals surface area contributed by atoms with Crippen LogP contribution in [0.5, 0.6) is 0 Å². The third-order valence-electron chi connectivity index (χ3n) is 6.00. The molecule has 0 spiro atoms. The van der Waals surface area contributed by atoms with Gasteiger partial charge in [0.1, 0.15) is 11.3 Å². The van der Waals surface area contributed by atoms with Gasteiger partial charge in [-0.3, -0.25) is 14.9 Å². The van der Waals surface area contributed by atoms with E-state index in [0.29, 0.717) is 29.1 Å². The third kappa shape index (κ3) is 4.47. The molecule has 1 saturated heterocycles. The minimum absolute atomic E-state index is 0.0915. The van der Waals surface area contributed by atoms with Crippen molar-refractivity contribution in [3.05, 3.63) is 93.5 Å². The van der Waals surface area contributed by atoms with E-state index in [0.717, 1.165) is 20.3 Å². The molecule has 0 unspecified atom stereocenters. The molecule has 4 aromatic rings. The van der Waals surface area contributed by atoms with Gasteiger partial charge in [-0.15, -0.1) is 0 Å². The van der Waals surface area contributed by atoms with Crippen LogP contribution in [0.3, 0.4) is 0 Å². The Labute approximate surface area is 219 Å². The Bertz CT molecular complexity index is 1630. The second kappa shape index (κ2) is 9.55. The Morgan fingerprint density at radius 1 is 1.11 bits per heavy atom. The van der Waals surface area contributed by atoms with Crippen LogP contribution in [-0.2, 0) is 20.9 Å². The van der Waals surface area contributed by atoms with Crippen LogP contribution in [0.4, 0.5) is 10.5 Å². The molecular weight excluding hydrogens is 542 g/mol. The van der Waals surface area contributed by atoms with Crippen LogP contribution in [-0.4, -0.2) is 35.5 Å². The lowest BCUT2D eigenvalue weighted by molar-refractivity contribution is -0.122. The van der Waals surface area contributed by atoms with Gasteiger partial charge in [-0.1, -0.05) is 34.1 Å². The summed E-state index contributed by atoms with van der Waals surface area (Å²) in [5.74, 6) is -1.45. The number of rotatable bonds is 5. The number of hydrogen-bond acceptors (Lipinski definition) is 6. The van der Waals surface area contributed by atoms with Gasteiger partial charge in [-0.05, 0) is 55.0 Å². The summed E-state index contributed by atoms with van der Waals surface area (Å²) in [6, 6.07) is 15.0. The van der Waals surface area contributed by atoms with Crippen molar-refractivity contribution in [1.29, 1.82) is 0 Å².